The van der Waals surface area contributed by atoms with Gasteiger partial charge in [0, 0.05) is 42.2 Å². The molecule has 1 amide bonds. The van der Waals surface area contributed by atoms with E-state index < -0.39 is 0 Å². The Morgan fingerprint density at radius 2 is 1.87 bits per heavy atom. The van der Waals surface area contributed by atoms with Crippen molar-refractivity contribution in [3.05, 3.63) is 51.8 Å². The molecule has 0 bridgehead atoms. The summed E-state index contributed by atoms with van der Waals surface area (Å²) in [5.41, 5.74) is 4.92. The van der Waals surface area contributed by atoms with E-state index in [-0.39, 0.29) is 5.91 Å². The van der Waals surface area contributed by atoms with Gasteiger partial charge in [0.15, 0.2) is 5.69 Å². The summed E-state index contributed by atoms with van der Waals surface area (Å²) in [5.74, 6) is 0.898. The highest BCUT2D eigenvalue weighted by molar-refractivity contribution is 7.10. The molecule has 0 atom stereocenters. The lowest BCUT2D eigenvalue weighted by Crippen LogP contribution is -2.47. The molecule has 30 heavy (non-hydrogen) atoms. The Bertz CT molecular complexity index is 1060. The number of piperazine rings is 1. The Labute approximate surface area is 180 Å². The van der Waals surface area contributed by atoms with Crippen LogP contribution in [0.5, 0.6) is 5.75 Å². The highest BCUT2D eigenvalue weighted by Crippen LogP contribution is 2.40. The Balaban J connectivity index is 1.58. The van der Waals surface area contributed by atoms with E-state index in [0.29, 0.717) is 12.3 Å². The number of amides is 1. The number of carbonyl (C=O) groups excluding carboxylic acids is 1. The summed E-state index contributed by atoms with van der Waals surface area (Å²) in [6.07, 6.45) is 1.83. The van der Waals surface area contributed by atoms with Crippen LogP contribution in [0, 0.1) is 0 Å². The predicted molar refractivity (Wildman–Crippen MR) is 119 cm³/mol. The first-order valence-electron chi connectivity index (χ1n) is 10.6. The van der Waals surface area contributed by atoms with E-state index in [2.05, 4.69) is 23.4 Å². The summed E-state index contributed by atoms with van der Waals surface area (Å²) >= 11 is 1.79. The predicted octanol–water partition coefficient (Wildman–Crippen LogP) is 3.49. The second-order valence-corrected chi connectivity index (χ2v) is 8.87. The third-order valence-corrected chi connectivity index (χ3v) is 6.95. The minimum absolute atomic E-state index is 0.0581. The van der Waals surface area contributed by atoms with Crippen LogP contribution in [0.15, 0.2) is 35.7 Å². The molecule has 1 fully saturated rings. The number of aromatic nitrogens is 2. The van der Waals surface area contributed by atoms with Crippen molar-refractivity contribution in [1.82, 2.24) is 19.6 Å². The van der Waals surface area contributed by atoms with Crippen LogP contribution in [-0.4, -0.2) is 65.3 Å². The summed E-state index contributed by atoms with van der Waals surface area (Å²) in [5, 5.41) is 7.02. The van der Waals surface area contributed by atoms with E-state index in [0.717, 1.165) is 61.7 Å². The molecule has 1 aliphatic carbocycles. The molecular formula is C23H26N4O2S. The van der Waals surface area contributed by atoms with E-state index in [9.17, 15) is 4.79 Å². The first kappa shape index (κ1) is 19.3. The average molecular weight is 423 g/mol. The number of nitrogens with zero attached hydrogens (tertiary/aromatic N) is 4. The number of fused-ring (bicyclic) bond motifs is 3. The number of thiophene rings is 1. The number of benzene rings is 1. The molecule has 0 unspecified atom stereocenters. The summed E-state index contributed by atoms with van der Waals surface area (Å²) in [6, 6.07) is 10.1. The molecule has 5 rings (SSSR count). The fourth-order valence-electron chi connectivity index (χ4n) is 4.32. The fraction of sp³-hybridized carbons (Fsp3) is 0.391. The number of rotatable bonds is 4. The molecule has 1 saturated heterocycles. The molecule has 7 heteroatoms. The maximum absolute atomic E-state index is 13.4. The highest BCUT2D eigenvalue weighted by atomic mass is 32.1. The van der Waals surface area contributed by atoms with Gasteiger partial charge in [0.1, 0.15) is 5.75 Å². The fourth-order valence-corrected chi connectivity index (χ4v) is 5.20. The second kappa shape index (κ2) is 7.89. The van der Waals surface area contributed by atoms with Gasteiger partial charge in [-0.05, 0) is 62.5 Å². The van der Waals surface area contributed by atoms with Gasteiger partial charge in [-0.3, -0.25) is 4.79 Å². The molecule has 2 aliphatic rings. The molecule has 0 N–H and O–H groups in total. The molecule has 6 nitrogen and oxygen atoms in total. The summed E-state index contributed by atoms with van der Waals surface area (Å²) in [7, 11) is 2.10. The maximum Gasteiger partial charge on any atom is 0.274 e. The molecule has 0 spiro atoms. The number of aryl methyl sites for hydroxylation is 1. The van der Waals surface area contributed by atoms with Gasteiger partial charge in [-0.2, -0.15) is 5.10 Å². The Hall–Kier alpha value is -2.64. The van der Waals surface area contributed by atoms with Crippen molar-refractivity contribution in [3.63, 3.8) is 0 Å². The van der Waals surface area contributed by atoms with Crippen LogP contribution < -0.4 is 4.74 Å². The summed E-state index contributed by atoms with van der Waals surface area (Å²) < 4.78 is 7.55. The van der Waals surface area contributed by atoms with Crippen molar-refractivity contribution in [2.45, 2.75) is 19.8 Å². The third kappa shape index (κ3) is 3.32. The third-order valence-electron chi connectivity index (χ3n) is 5.97. The average Bonchev–Trinajstić information content (AvgIpc) is 3.39. The standard InChI is InChI=1S/C23H26N4O2S/c1-3-29-17-6-4-16(5-7-17)27-22-18-10-15-30-20(18)9-8-19(22)21(24-27)23(28)26-13-11-25(2)12-14-26/h4-7,10,15H,3,8-9,11-14H2,1-2H3. The zero-order chi connectivity index (χ0) is 20.7. The van der Waals surface area contributed by atoms with Crippen molar-refractivity contribution >= 4 is 17.2 Å². The van der Waals surface area contributed by atoms with Crippen LogP contribution >= 0.6 is 11.3 Å². The minimum atomic E-state index is 0.0581. The van der Waals surface area contributed by atoms with Crippen molar-refractivity contribution in [2.75, 3.05) is 39.8 Å². The largest absolute Gasteiger partial charge is 0.494 e. The lowest BCUT2D eigenvalue weighted by molar-refractivity contribution is 0.0656. The monoisotopic (exact) mass is 422 g/mol. The van der Waals surface area contributed by atoms with E-state index >= 15 is 0 Å². The number of likely N-dealkylation sites (N-methyl/N-ethyl adjacent to an activating group) is 1. The smallest absolute Gasteiger partial charge is 0.274 e. The van der Waals surface area contributed by atoms with Gasteiger partial charge in [0.05, 0.1) is 18.0 Å². The molecule has 156 valence electrons. The Kier molecular flexibility index (Phi) is 5.08. The lowest BCUT2D eigenvalue weighted by Gasteiger charge is -2.32. The van der Waals surface area contributed by atoms with E-state index in [4.69, 9.17) is 9.84 Å². The minimum Gasteiger partial charge on any atom is -0.494 e. The number of hydrogen-bond donors (Lipinski definition) is 0. The van der Waals surface area contributed by atoms with Crippen LogP contribution in [0.3, 0.4) is 0 Å². The molecule has 3 heterocycles. The van der Waals surface area contributed by atoms with Crippen molar-refractivity contribution in [3.8, 4) is 22.7 Å². The van der Waals surface area contributed by atoms with Crippen LogP contribution in [-0.2, 0) is 12.8 Å². The van der Waals surface area contributed by atoms with Crippen LogP contribution in [0.4, 0.5) is 0 Å². The highest BCUT2D eigenvalue weighted by Gasteiger charge is 2.32. The van der Waals surface area contributed by atoms with Crippen LogP contribution in [0.1, 0.15) is 27.9 Å². The van der Waals surface area contributed by atoms with E-state index in [1.165, 1.54) is 10.4 Å². The second-order valence-electron chi connectivity index (χ2n) is 7.87. The summed E-state index contributed by atoms with van der Waals surface area (Å²) in [6.45, 7) is 5.93. The molecule has 1 aliphatic heterocycles. The first-order valence-corrected chi connectivity index (χ1v) is 11.4. The van der Waals surface area contributed by atoms with Gasteiger partial charge in [0.25, 0.3) is 5.91 Å². The van der Waals surface area contributed by atoms with Gasteiger partial charge in [-0.1, -0.05) is 0 Å². The number of hydrogen-bond acceptors (Lipinski definition) is 5. The van der Waals surface area contributed by atoms with Gasteiger partial charge in [-0.15, -0.1) is 11.3 Å². The van der Waals surface area contributed by atoms with Gasteiger partial charge < -0.3 is 14.5 Å². The Morgan fingerprint density at radius 1 is 1.10 bits per heavy atom. The molecule has 1 aromatic carbocycles. The van der Waals surface area contributed by atoms with E-state index in [1.807, 2.05) is 40.8 Å². The normalized spacial score (nSPS) is 16.3. The number of ether oxygens (including phenoxy) is 1. The molecule has 2 aromatic heterocycles. The SMILES string of the molecule is CCOc1ccc(-n2nc(C(=O)N3CCN(C)CC3)c3c2-c2ccsc2CC3)cc1. The van der Waals surface area contributed by atoms with Crippen molar-refractivity contribution in [2.24, 2.45) is 0 Å². The topological polar surface area (TPSA) is 50.6 Å². The number of carbonyl (C=O) groups is 1. The van der Waals surface area contributed by atoms with Crippen molar-refractivity contribution in [1.29, 1.82) is 0 Å². The lowest BCUT2D eigenvalue weighted by atomic mass is 9.94. The zero-order valence-electron chi connectivity index (χ0n) is 17.4. The summed E-state index contributed by atoms with van der Waals surface area (Å²) in [4.78, 5) is 19.0. The first-order chi connectivity index (χ1) is 14.7. The molecule has 3 aromatic rings. The quantitative estimate of drug-likeness (QED) is 0.646. The van der Waals surface area contributed by atoms with Gasteiger partial charge >= 0.3 is 0 Å². The van der Waals surface area contributed by atoms with Crippen molar-refractivity contribution < 1.29 is 9.53 Å². The molecular weight excluding hydrogens is 396 g/mol. The van der Waals surface area contributed by atoms with Crippen LogP contribution in [0.2, 0.25) is 0 Å². The Morgan fingerprint density at radius 3 is 2.60 bits per heavy atom. The van der Waals surface area contributed by atoms with E-state index in [1.54, 1.807) is 11.3 Å². The zero-order valence-corrected chi connectivity index (χ0v) is 18.2. The van der Waals surface area contributed by atoms with Gasteiger partial charge in [0.2, 0.25) is 0 Å². The maximum atomic E-state index is 13.4. The van der Waals surface area contributed by atoms with Gasteiger partial charge in [-0.25, -0.2) is 4.68 Å². The molecule has 0 saturated carbocycles. The van der Waals surface area contributed by atoms with Crippen LogP contribution in [0.25, 0.3) is 16.9 Å². The molecule has 0 radical (unpaired) electrons.